The molecule has 0 spiro atoms. The van der Waals surface area contributed by atoms with E-state index in [1.165, 1.54) is 24.3 Å². The van der Waals surface area contributed by atoms with Gasteiger partial charge in [-0.2, -0.15) is 10.4 Å². The second-order valence-electron chi connectivity index (χ2n) is 6.61. The molecular formula is C21H12ClN5O5. The molecule has 1 aliphatic rings. The number of anilines is 1. The molecule has 1 atom stereocenters. The number of hydrogen-bond donors (Lipinski definition) is 1. The van der Waals surface area contributed by atoms with Crippen molar-refractivity contribution in [2.75, 3.05) is 4.90 Å². The molecule has 158 valence electrons. The van der Waals surface area contributed by atoms with Gasteiger partial charge in [-0.3, -0.25) is 19.2 Å². The quantitative estimate of drug-likeness (QED) is 0.364. The summed E-state index contributed by atoms with van der Waals surface area (Å²) in [4.78, 5) is 55.8. The first kappa shape index (κ1) is 20.9. The molecule has 1 saturated heterocycles. The molecule has 3 amide bonds. The van der Waals surface area contributed by atoms with Gasteiger partial charge in [0.2, 0.25) is 11.7 Å². The number of nitrogens with one attached hydrogen (secondary N) is 1. The van der Waals surface area contributed by atoms with E-state index in [2.05, 4.69) is 15.5 Å². The number of carbonyl (C=O) groups is 4. The molecule has 1 aliphatic heterocycles. The lowest BCUT2D eigenvalue weighted by molar-refractivity contribution is -0.139. The number of ketones is 1. The Bertz CT molecular complexity index is 1310. The fourth-order valence-electron chi connectivity index (χ4n) is 3.10. The summed E-state index contributed by atoms with van der Waals surface area (Å²) in [6.07, 6.45) is -0.522. The van der Waals surface area contributed by atoms with E-state index in [1.54, 1.807) is 30.3 Å². The van der Waals surface area contributed by atoms with E-state index in [4.69, 9.17) is 21.3 Å². The second-order valence-corrected chi connectivity index (χ2v) is 7.04. The van der Waals surface area contributed by atoms with Crippen molar-refractivity contribution in [2.24, 2.45) is 5.10 Å². The number of piperidine rings is 1. The van der Waals surface area contributed by atoms with Crippen LogP contribution in [0.3, 0.4) is 0 Å². The van der Waals surface area contributed by atoms with Crippen molar-refractivity contribution in [2.45, 2.75) is 12.3 Å². The molecule has 1 unspecified atom stereocenters. The van der Waals surface area contributed by atoms with E-state index in [1.807, 2.05) is 0 Å². The second kappa shape index (κ2) is 8.41. The van der Waals surface area contributed by atoms with E-state index < -0.39 is 41.6 Å². The molecule has 2 aromatic carbocycles. The molecule has 32 heavy (non-hydrogen) atoms. The van der Waals surface area contributed by atoms with Crippen molar-refractivity contribution in [3.8, 4) is 6.07 Å². The number of imide groups is 1. The summed E-state index contributed by atoms with van der Waals surface area (Å²) in [6.45, 7) is 0. The minimum absolute atomic E-state index is 0.0878. The Kier molecular flexibility index (Phi) is 5.49. The maximum absolute atomic E-state index is 13.2. The third-order valence-electron chi connectivity index (χ3n) is 4.55. The SMILES string of the molecule is N#CCC(=O)N/N=C1\C(=O)N(c2ccc(Cl)cc2)C(=O)C(=O)C1c1nc2ccccc2o1. The first-order valence-electron chi connectivity index (χ1n) is 9.17. The largest absolute Gasteiger partial charge is 0.439 e. The summed E-state index contributed by atoms with van der Waals surface area (Å²) in [5.41, 5.74) is 2.40. The predicted octanol–water partition coefficient (Wildman–Crippen LogP) is 2.09. The summed E-state index contributed by atoms with van der Waals surface area (Å²) in [5, 5.41) is 12.8. The summed E-state index contributed by atoms with van der Waals surface area (Å²) < 4.78 is 5.60. The van der Waals surface area contributed by atoms with Crippen LogP contribution in [0.25, 0.3) is 11.1 Å². The lowest BCUT2D eigenvalue weighted by Gasteiger charge is -2.28. The number of nitriles is 1. The normalized spacial score (nSPS) is 17.6. The van der Waals surface area contributed by atoms with Crippen LogP contribution in [0.15, 0.2) is 58.0 Å². The Morgan fingerprint density at radius 3 is 2.56 bits per heavy atom. The summed E-state index contributed by atoms with van der Waals surface area (Å²) in [5.74, 6) is -5.70. The molecule has 1 N–H and O–H groups in total. The zero-order chi connectivity index (χ0) is 22.8. The lowest BCUT2D eigenvalue weighted by atomic mass is 9.91. The number of aromatic nitrogens is 1. The van der Waals surface area contributed by atoms with Crippen LogP contribution in [0, 0.1) is 11.3 Å². The van der Waals surface area contributed by atoms with Gasteiger partial charge < -0.3 is 4.42 Å². The van der Waals surface area contributed by atoms with Crippen molar-refractivity contribution < 1.29 is 23.6 Å². The van der Waals surface area contributed by atoms with Crippen molar-refractivity contribution >= 4 is 57.6 Å². The third-order valence-corrected chi connectivity index (χ3v) is 4.81. The average Bonchev–Trinajstić information content (AvgIpc) is 3.20. The van der Waals surface area contributed by atoms with Gasteiger partial charge in [-0.05, 0) is 36.4 Å². The van der Waals surface area contributed by atoms with Crippen LogP contribution >= 0.6 is 11.6 Å². The van der Waals surface area contributed by atoms with E-state index in [0.717, 1.165) is 0 Å². The van der Waals surface area contributed by atoms with E-state index in [9.17, 15) is 19.2 Å². The van der Waals surface area contributed by atoms with Crippen LogP contribution in [-0.4, -0.2) is 34.2 Å². The number of Topliss-reactive ketones (excluding diaryl/α,β-unsaturated/α-hetero) is 1. The number of rotatable bonds is 4. The number of benzene rings is 2. The third kappa shape index (κ3) is 3.73. The standard InChI is InChI=1S/C21H12ClN5O5/c22-11-5-7-12(8-6-11)27-20(30)17(26-25-15(28)9-10-23)16(18(29)21(27)31)19-24-13-3-1-2-4-14(13)32-19/h1-8,16H,9H2,(H,25,28)/b26-17-. The number of para-hydroxylation sites is 2. The molecule has 0 aliphatic carbocycles. The minimum atomic E-state index is -1.58. The topological polar surface area (TPSA) is 146 Å². The fourth-order valence-corrected chi connectivity index (χ4v) is 3.23. The van der Waals surface area contributed by atoms with Gasteiger partial charge in [0.15, 0.2) is 11.5 Å². The molecule has 11 heteroatoms. The highest BCUT2D eigenvalue weighted by molar-refractivity contribution is 6.67. The molecule has 1 aromatic heterocycles. The van der Waals surface area contributed by atoms with Gasteiger partial charge in [-0.1, -0.05) is 23.7 Å². The molecule has 2 heterocycles. The number of fused-ring (bicyclic) bond motifs is 1. The highest BCUT2D eigenvalue weighted by Gasteiger charge is 2.49. The Morgan fingerprint density at radius 1 is 1.16 bits per heavy atom. The van der Waals surface area contributed by atoms with Crippen LogP contribution in [-0.2, 0) is 19.2 Å². The summed E-state index contributed by atoms with van der Waals surface area (Å²) in [7, 11) is 0. The molecule has 1 fully saturated rings. The predicted molar refractivity (Wildman–Crippen MR) is 112 cm³/mol. The summed E-state index contributed by atoms with van der Waals surface area (Å²) in [6, 6.07) is 13.9. The molecular weight excluding hydrogens is 438 g/mol. The number of amides is 3. The number of nitrogens with zero attached hydrogens (tertiary/aromatic N) is 4. The number of hydrazone groups is 1. The fraction of sp³-hybridized carbons (Fsp3) is 0.0952. The van der Waals surface area contributed by atoms with Gasteiger partial charge in [-0.25, -0.2) is 15.3 Å². The lowest BCUT2D eigenvalue weighted by Crippen LogP contribution is -2.55. The highest BCUT2D eigenvalue weighted by Crippen LogP contribution is 2.30. The molecule has 4 rings (SSSR count). The maximum atomic E-state index is 13.2. The molecule has 0 saturated carbocycles. The van der Waals surface area contributed by atoms with Gasteiger partial charge in [0.05, 0.1) is 11.8 Å². The molecule has 10 nitrogen and oxygen atoms in total. The van der Waals surface area contributed by atoms with E-state index in [0.29, 0.717) is 21.0 Å². The van der Waals surface area contributed by atoms with Gasteiger partial charge >= 0.3 is 5.91 Å². The molecule has 0 radical (unpaired) electrons. The van der Waals surface area contributed by atoms with Crippen LogP contribution in [0.2, 0.25) is 5.02 Å². The Morgan fingerprint density at radius 2 is 1.88 bits per heavy atom. The monoisotopic (exact) mass is 449 g/mol. The Hall–Kier alpha value is -4.36. The minimum Gasteiger partial charge on any atom is -0.439 e. The van der Waals surface area contributed by atoms with Gasteiger partial charge in [0.1, 0.15) is 17.6 Å². The zero-order valence-corrected chi connectivity index (χ0v) is 16.9. The van der Waals surface area contributed by atoms with Crippen molar-refractivity contribution in [1.29, 1.82) is 5.26 Å². The maximum Gasteiger partial charge on any atom is 0.302 e. The van der Waals surface area contributed by atoms with Crippen molar-refractivity contribution in [3.05, 3.63) is 59.4 Å². The van der Waals surface area contributed by atoms with Gasteiger partial charge in [-0.15, -0.1) is 0 Å². The molecule has 3 aromatic rings. The van der Waals surface area contributed by atoms with E-state index >= 15 is 0 Å². The molecule has 0 bridgehead atoms. The highest BCUT2D eigenvalue weighted by atomic mass is 35.5. The van der Waals surface area contributed by atoms with Crippen LogP contribution < -0.4 is 10.3 Å². The summed E-state index contributed by atoms with van der Waals surface area (Å²) >= 11 is 5.86. The first-order chi connectivity index (χ1) is 15.4. The van der Waals surface area contributed by atoms with Gasteiger partial charge in [0.25, 0.3) is 11.8 Å². The number of hydrogen-bond acceptors (Lipinski definition) is 8. The van der Waals surface area contributed by atoms with Gasteiger partial charge in [0, 0.05) is 5.02 Å². The average molecular weight is 450 g/mol. The zero-order valence-electron chi connectivity index (χ0n) is 16.1. The van der Waals surface area contributed by atoms with Crippen LogP contribution in [0.5, 0.6) is 0 Å². The van der Waals surface area contributed by atoms with Crippen molar-refractivity contribution in [3.63, 3.8) is 0 Å². The first-order valence-corrected chi connectivity index (χ1v) is 9.55. The smallest absolute Gasteiger partial charge is 0.302 e. The van der Waals surface area contributed by atoms with Crippen LogP contribution in [0.4, 0.5) is 5.69 Å². The van der Waals surface area contributed by atoms with Crippen molar-refractivity contribution in [1.82, 2.24) is 10.4 Å². The Labute approximate surface area is 185 Å². The Balaban J connectivity index is 1.81. The van der Waals surface area contributed by atoms with E-state index in [-0.39, 0.29) is 11.6 Å². The van der Waals surface area contributed by atoms with Crippen LogP contribution in [0.1, 0.15) is 18.2 Å². The number of halogens is 1. The number of carbonyl (C=O) groups excluding carboxylic acids is 4. The number of oxazole rings is 1.